The maximum atomic E-state index is 13.3. The molecular formula is C20H18Cl2O3. The minimum atomic E-state index is -1.28. The molecule has 0 unspecified atom stereocenters. The van der Waals surface area contributed by atoms with Gasteiger partial charge in [0.2, 0.25) is 0 Å². The third-order valence-corrected chi connectivity index (χ3v) is 5.58. The highest BCUT2D eigenvalue weighted by Crippen LogP contribution is 2.49. The van der Waals surface area contributed by atoms with Gasteiger partial charge in [-0.25, -0.2) is 0 Å². The molecule has 0 heterocycles. The molecule has 2 aliphatic rings. The van der Waals surface area contributed by atoms with Crippen LogP contribution in [0.25, 0.3) is 0 Å². The molecule has 0 radical (unpaired) electrons. The van der Waals surface area contributed by atoms with Crippen molar-refractivity contribution in [3.8, 4) is 0 Å². The van der Waals surface area contributed by atoms with Crippen LogP contribution in [0, 0.1) is 0 Å². The topological polar surface area (TPSA) is 43.4 Å². The van der Waals surface area contributed by atoms with Crippen LogP contribution >= 0.6 is 23.2 Å². The third-order valence-electron chi connectivity index (χ3n) is 4.87. The van der Waals surface area contributed by atoms with Crippen LogP contribution in [0.3, 0.4) is 0 Å². The Morgan fingerprint density at radius 2 is 1.92 bits per heavy atom. The van der Waals surface area contributed by atoms with E-state index in [2.05, 4.69) is 6.58 Å². The average Bonchev–Trinajstić information content (AvgIpc) is 2.77. The van der Waals surface area contributed by atoms with Crippen molar-refractivity contribution in [2.45, 2.75) is 29.6 Å². The number of Topliss-reactive ketones (excluding diaryl/α,β-unsaturated/α-hetero) is 1. The summed E-state index contributed by atoms with van der Waals surface area (Å²) in [7, 11) is 1.32. The summed E-state index contributed by atoms with van der Waals surface area (Å²) in [5.41, 5.74) is 0.436. The Labute approximate surface area is 157 Å². The number of halogens is 2. The number of ether oxygens (including phenoxy) is 1. The second-order valence-corrected chi connectivity index (χ2v) is 7.67. The SMILES string of the molecule is C=C1C[C@@]2(Cl)CC=CC=C(C2=O)[C@@](C(=O)OC)(c2ccc(Cl)cc2)C1. The van der Waals surface area contributed by atoms with Crippen molar-refractivity contribution in [1.29, 1.82) is 0 Å². The Balaban J connectivity index is 2.32. The summed E-state index contributed by atoms with van der Waals surface area (Å²) in [6.07, 6.45) is 6.28. The molecule has 1 fully saturated rings. The van der Waals surface area contributed by atoms with E-state index in [0.717, 1.165) is 5.57 Å². The van der Waals surface area contributed by atoms with E-state index < -0.39 is 16.3 Å². The molecule has 0 N–H and O–H groups in total. The standard InChI is InChI=1S/C20H18Cl2O3/c1-13-11-19(22)10-4-3-5-16(17(19)23)20(12-13,18(24)25-2)14-6-8-15(21)9-7-14/h3-9H,1,10-12H2,2H3/t19-,20-/m0/s1. The second kappa shape index (κ2) is 6.47. The number of ketones is 1. The van der Waals surface area contributed by atoms with Crippen LogP contribution in [0.4, 0.5) is 0 Å². The number of fused-ring (bicyclic) bond motifs is 2. The first-order valence-corrected chi connectivity index (χ1v) is 8.71. The number of esters is 1. The molecule has 0 aromatic heterocycles. The molecular weight excluding hydrogens is 359 g/mol. The fourth-order valence-corrected chi connectivity index (χ4v) is 4.22. The summed E-state index contributed by atoms with van der Waals surface area (Å²) >= 11 is 12.7. The summed E-state index contributed by atoms with van der Waals surface area (Å²) in [6.45, 7) is 4.08. The van der Waals surface area contributed by atoms with Gasteiger partial charge in [0.15, 0.2) is 5.78 Å². The van der Waals surface area contributed by atoms with Crippen LogP contribution in [-0.2, 0) is 19.7 Å². The van der Waals surface area contributed by atoms with Gasteiger partial charge in [0.25, 0.3) is 0 Å². The number of carbonyl (C=O) groups is 2. The van der Waals surface area contributed by atoms with E-state index in [9.17, 15) is 9.59 Å². The molecule has 2 bridgehead atoms. The Bertz CT molecular complexity index is 807. The quantitative estimate of drug-likeness (QED) is 0.432. The third kappa shape index (κ3) is 2.86. The van der Waals surface area contributed by atoms with E-state index in [-0.39, 0.29) is 12.2 Å². The molecule has 130 valence electrons. The first kappa shape index (κ1) is 18.0. The molecule has 2 aliphatic carbocycles. The lowest BCUT2D eigenvalue weighted by atomic mass is 9.69. The Morgan fingerprint density at radius 1 is 1.24 bits per heavy atom. The first-order chi connectivity index (χ1) is 11.8. The highest BCUT2D eigenvalue weighted by Gasteiger charge is 2.55. The predicted octanol–water partition coefficient (Wildman–Crippen LogP) is 4.53. The number of rotatable bonds is 2. The van der Waals surface area contributed by atoms with E-state index in [1.54, 1.807) is 36.4 Å². The van der Waals surface area contributed by atoms with E-state index in [1.807, 2.05) is 6.08 Å². The number of alkyl halides is 1. The highest BCUT2D eigenvalue weighted by molar-refractivity contribution is 6.39. The summed E-state index contributed by atoms with van der Waals surface area (Å²) in [6, 6.07) is 6.88. The van der Waals surface area contributed by atoms with Gasteiger partial charge in [-0.1, -0.05) is 54.1 Å². The molecule has 1 aromatic carbocycles. The first-order valence-electron chi connectivity index (χ1n) is 7.95. The molecule has 3 rings (SSSR count). The molecule has 0 amide bonds. The van der Waals surface area contributed by atoms with Gasteiger partial charge in [0.05, 0.1) is 7.11 Å². The van der Waals surface area contributed by atoms with Crippen molar-refractivity contribution in [3.63, 3.8) is 0 Å². The van der Waals surface area contributed by atoms with Gasteiger partial charge in [0, 0.05) is 10.6 Å². The van der Waals surface area contributed by atoms with Gasteiger partial charge >= 0.3 is 5.97 Å². The average molecular weight is 377 g/mol. The predicted molar refractivity (Wildman–Crippen MR) is 99.0 cm³/mol. The molecule has 3 nitrogen and oxygen atoms in total. The van der Waals surface area contributed by atoms with Crippen molar-refractivity contribution < 1.29 is 14.3 Å². The highest BCUT2D eigenvalue weighted by atomic mass is 35.5. The molecule has 5 heteroatoms. The Kier molecular flexibility index (Phi) is 4.65. The maximum absolute atomic E-state index is 13.3. The molecule has 0 saturated heterocycles. The fraction of sp³-hybridized carbons (Fsp3) is 0.300. The summed E-state index contributed by atoms with van der Waals surface area (Å²) < 4.78 is 5.12. The lowest BCUT2D eigenvalue weighted by Crippen LogP contribution is -2.43. The molecule has 1 aromatic rings. The number of carbonyl (C=O) groups excluding carboxylic acids is 2. The zero-order chi connectivity index (χ0) is 18.2. The van der Waals surface area contributed by atoms with Crippen LogP contribution < -0.4 is 0 Å². The number of allylic oxidation sites excluding steroid dienone is 4. The van der Waals surface area contributed by atoms with Gasteiger partial charge in [-0.15, -0.1) is 11.6 Å². The zero-order valence-corrected chi connectivity index (χ0v) is 15.4. The largest absolute Gasteiger partial charge is 0.468 e. The van der Waals surface area contributed by atoms with Gasteiger partial charge in [0.1, 0.15) is 10.3 Å². The second-order valence-electron chi connectivity index (χ2n) is 6.51. The number of benzene rings is 1. The van der Waals surface area contributed by atoms with Crippen LogP contribution in [0.15, 0.2) is 60.2 Å². The van der Waals surface area contributed by atoms with E-state index >= 15 is 0 Å². The molecule has 0 spiro atoms. The maximum Gasteiger partial charge on any atom is 0.321 e. The summed E-state index contributed by atoms with van der Waals surface area (Å²) in [4.78, 5) is 25.1. The van der Waals surface area contributed by atoms with E-state index in [4.69, 9.17) is 27.9 Å². The van der Waals surface area contributed by atoms with Crippen molar-refractivity contribution in [1.82, 2.24) is 0 Å². The van der Waals surface area contributed by atoms with Crippen LogP contribution in [-0.4, -0.2) is 23.7 Å². The molecule has 1 saturated carbocycles. The van der Waals surface area contributed by atoms with Crippen LogP contribution in [0.5, 0.6) is 0 Å². The lowest BCUT2D eigenvalue weighted by molar-refractivity contribution is -0.146. The number of hydrogen-bond acceptors (Lipinski definition) is 3. The van der Waals surface area contributed by atoms with E-state index in [0.29, 0.717) is 29.0 Å². The normalized spacial score (nSPS) is 28.8. The number of methoxy groups -OCH3 is 1. The fourth-order valence-electron chi connectivity index (χ4n) is 3.71. The van der Waals surface area contributed by atoms with Gasteiger partial charge in [-0.2, -0.15) is 0 Å². The van der Waals surface area contributed by atoms with Crippen molar-refractivity contribution in [2.24, 2.45) is 0 Å². The minimum absolute atomic E-state index is 0.252. The molecule has 0 aliphatic heterocycles. The summed E-state index contributed by atoms with van der Waals surface area (Å²) in [5.74, 6) is -0.759. The number of hydrogen-bond donors (Lipinski definition) is 0. The van der Waals surface area contributed by atoms with Gasteiger partial charge in [-0.3, -0.25) is 9.59 Å². The lowest BCUT2D eigenvalue weighted by Gasteiger charge is -2.33. The van der Waals surface area contributed by atoms with Crippen LogP contribution in [0.1, 0.15) is 24.8 Å². The minimum Gasteiger partial charge on any atom is -0.468 e. The van der Waals surface area contributed by atoms with Crippen molar-refractivity contribution in [3.05, 3.63) is 70.8 Å². The van der Waals surface area contributed by atoms with E-state index in [1.165, 1.54) is 7.11 Å². The Morgan fingerprint density at radius 3 is 2.56 bits per heavy atom. The zero-order valence-electron chi connectivity index (χ0n) is 13.9. The molecule has 25 heavy (non-hydrogen) atoms. The summed E-state index contributed by atoms with van der Waals surface area (Å²) in [5, 5.41) is 0.545. The Hall–Kier alpha value is -1.84. The van der Waals surface area contributed by atoms with Crippen molar-refractivity contribution in [2.75, 3.05) is 7.11 Å². The van der Waals surface area contributed by atoms with Gasteiger partial charge in [-0.05, 0) is 37.0 Å². The van der Waals surface area contributed by atoms with Gasteiger partial charge < -0.3 is 4.74 Å². The smallest absolute Gasteiger partial charge is 0.321 e. The molecule has 2 atom stereocenters. The van der Waals surface area contributed by atoms with Crippen LogP contribution in [0.2, 0.25) is 5.02 Å². The monoisotopic (exact) mass is 376 g/mol. The van der Waals surface area contributed by atoms with Crippen molar-refractivity contribution >= 4 is 35.0 Å².